The van der Waals surface area contributed by atoms with E-state index in [1.54, 1.807) is 0 Å². The molecule has 1 saturated carbocycles. The summed E-state index contributed by atoms with van der Waals surface area (Å²) in [5.41, 5.74) is 0. The lowest BCUT2D eigenvalue weighted by Crippen LogP contribution is -2.30. The van der Waals surface area contributed by atoms with Crippen molar-refractivity contribution in [1.29, 1.82) is 0 Å². The van der Waals surface area contributed by atoms with Gasteiger partial charge in [-0.05, 0) is 25.8 Å². The maximum Gasteiger partial charge on any atom is 0.106 e. The van der Waals surface area contributed by atoms with E-state index in [-0.39, 0.29) is 0 Å². The molecule has 3 nitrogen and oxygen atoms in total. The van der Waals surface area contributed by atoms with Gasteiger partial charge in [0.2, 0.25) is 0 Å². The number of nitrogens with one attached hydrogen (secondary N) is 2. The molecule has 0 unspecified atom stereocenters. The molecule has 0 spiro atoms. The van der Waals surface area contributed by atoms with Gasteiger partial charge in [-0.15, -0.1) is 0 Å². The second-order valence-corrected chi connectivity index (χ2v) is 6.55. The van der Waals surface area contributed by atoms with Gasteiger partial charge in [-0.25, -0.2) is 4.98 Å². The molecule has 1 aliphatic rings. The van der Waals surface area contributed by atoms with Gasteiger partial charge in [0.15, 0.2) is 0 Å². The number of hydrogen-bond acceptors (Lipinski definition) is 2. The van der Waals surface area contributed by atoms with E-state index in [9.17, 15) is 0 Å². The lowest BCUT2D eigenvalue weighted by atomic mass is 9.98. The molecule has 0 radical (unpaired) electrons. The summed E-state index contributed by atoms with van der Waals surface area (Å²) in [6, 6.07) is 0.751. The summed E-state index contributed by atoms with van der Waals surface area (Å²) >= 11 is 0. The minimum Gasteiger partial charge on any atom is -0.349 e. The molecule has 2 rings (SSSR count). The second kappa shape index (κ2) is 10.8. The third-order valence-electron chi connectivity index (χ3n) is 4.68. The van der Waals surface area contributed by atoms with Crippen molar-refractivity contribution in [3.8, 4) is 0 Å². The molecule has 1 aliphatic carbocycles. The van der Waals surface area contributed by atoms with Crippen molar-refractivity contribution >= 4 is 0 Å². The van der Waals surface area contributed by atoms with Crippen LogP contribution in [0.15, 0.2) is 12.4 Å². The quantitative estimate of drug-likeness (QED) is 0.778. The Labute approximate surface area is 130 Å². The molecule has 0 atom stereocenters. The summed E-state index contributed by atoms with van der Waals surface area (Å²) in [4.78, 5) is 7.47. The number of hydrogen-bond donors (Lipinski definition) is 2. The van der Waals surface area contributed by atoms with Gasteiger partial charge in [0.05, 0.1) is 0 Å². The van der Waals surface area contributed by atoms with Crippen molar-refractivity contribution in [2.75, 3.05) is 6.54 Å². The van der Waals surface area contributed by atoms with E-state index in [4.69, 9.17) is 0 Å². The van der Waals surface area contributed by atoms with Crippen LogP contribution in [0.3, 0.4) is 0 Å². The fourth-order valence-corrected chi connectivity index (χ4v) is 3.36. The van der Waals surface area contributed by atoms with E-state index >= 15 is 0 Å². The highest BCUT2D eigenvalue weighted by Crippen LogP contribution is 2.16. The molecule has 0 aromatic carbocycles. The second-order valence-electron chi connectivity index (χ2n) is 6.55. The highest BCUT2D eigenvalue weighted by Gasteiger charge is 2.08. The summed E-state index contributed by atoms with van der Waals surface area (Å²) in [7, 11) is 0. The van der Waals surface area contributed by atoms with E-state index in [1.807, 2.05) is 12.4 Å². The smallest absolute Gasteiger partial charge is 0.106 e. The Hall–Kier alpha value is -0.830. The van der Waals surface area contributed by atoms with Gasteiger partial charge in [-0.2, -0.15) is 0 Å². The number of imidazole rings is 1. The van der Waals surface area contributed by atoms with E-state index in [0.717, 1.165) is 24.8 Å². The fourth-order valence-electron chi connectivity index (χ4n) is 3.36. The Morgan fingerprint density at radius 1 is 0.952 bits per heavy atom. The van der Waals surface area contributed by atoms with E-state index < -0.39 is 0 Å². The van der Waals surface area contributed by atoms with Gasteiger partial charge in [-0.3, -0.25) is 0 Å². The molecule has 3 heteroatoms. The summed E-state index contributed by atoms with van der Waals surface area (Å²) in [6.07, 6.45) is 21.7. The number of aryl methyl sites for hydroxylation is 1. The third-order valence-corrected chi connectivity index (χ3v) is 4.68. The lowest BCUT2D eigenvalue weighted by molar-refractivity contribution is 0.402. The van der Waals surface area contributed by atoms with Crippen LogP contribution in [-0.2, 0) is 6.42 Å². The average molecular weight is 291 g/mol. The number of aromatic amines is 1. The van der Waals surface area contributed by atoms with Crippen LogP contribution in [0.2, 0.25) is 0 Å². The summed E-state index contributed by atoms with van der Waals surface area (Å²) < 4.78 is 0. The molecule has 0 aliphatic heterocycles. The molecular weight excluding hydrogens is 258 g/mol. The van der Waals surface area contributed by atoms with E-state index in [1.165, 1.54) is 77.0 Å². The van der Waals surface area contributed by atoms with Crippen LogP contribution in [0, 0.1) is 0 Å². The van der Waals surface area contributed by atoms with E-state index in [2.05, 4.69) is 15.3 Å². The minimum atomic E-state index is 0.751. The molecule has 1 aromatic heterocycles. The Bertz CT molecular complexity index is 322. The van der Waals surface area contributed by atoms with Crippen LogP contribution in [0.25, 0.3) is 0 Å². The number of aromatic nitrogens is 2. The standard InChI is InChI=1S/C18H33N3/c1-2-4-6-8-11-17(12-9-7-5-3-1)19-14-10-13-18-20-15-16-21-18/h15-17,19H,1-14H2,(H,20,21). The van der Waals surface area contributed by atoms with Gasteiger partial charge in [0.1, 0.15) is 5.82 Å². The molecular formula is C18H33N3. The third kappa shape index (κ3) is 7.66. The normalized spacial score (nSPS) is 19.8. The fraction of sp³-hybridized carbons (Fsp3) is 0.833. The molecule has 1 fully saturated rings. The number of nitrogens with zero attached hydrogens (tertiary/aromatic N) is 1. The molecule has 2 N–H and O–H groups in total. The molecule has 1 aromatic rings. The number of rotatable bonds is 5. The molecule has 0 bridgehead atoms. The minimum absolute atomic E-state index is 0.751. The summed E-state index contributed by atoms with van der Waals surface area (Å²) in [6.45, 7) is 1.13. The Morgan fingerprint density at radius 2 is 1.57 bits per heavy atom. The van der Waals surface area contributed by atoms with Crippen LogP contribution in [-0.4, -0.2) is 22.6 Å². The van der Waals surface area contributed by atoms with Gasteiger partial charge in [-0.1, -0.05) is 57.8 Å². The van der Waals surface area contributed by atoms with Gasteiger partial charge in [0, 0.05) is 24.9 Å². The van der Waals surface area contributed by atoms with Crippen molar-refractivity contribution in [2.24, 2.45) is 0 Å². The van der Waals surface area contributed by atoms with Crippen LogP contribution in [0.4, 0.5) is 0 Å². The Morgan fingerprint density at radius 3 is 2.14 bits per heavy atom. The van der Waals surface area contributed by atoms with Crippen LogP contribution >= 0.6 is 0 Å². The zero-order chi connectivity index (χ0) is 14.6. The zero-order valence-electron chi connectivity index (χ0n) is 13.6. The summed E-state index contributed by atoms with van der Waals surface area (Å²) in [5.74, 6) is 1.12. The molecule has 120 valence electrons. The van der Waals surface area contributed by atoms with Crippen LogP contribution in [0.1, 0.15) is 82.9 Å². The van der Waals surface area contributed by atoms with Crippen molar-refractivity contribution in [3.63, 3.8) is 0 Å². The zero-order valence-corrected chi connectivity index (χ0v) is 13.6. The topological polar surface area (TPSA) is 40.7 Å². The first-order valence-electron chi connectivity index (χ1n) is 9.17. The predicted molar refractivity (Wildman–Crippen MR) is 89.5 cm³/mol. The van der Waals surface area contributed by atoms with Gasteiger partial charge < -0.3 is 10.3 Å². The maximum absolute atomic E-state index is 4.29. The van der Waals surface area contributed by atoms with E-state index in [0.29, 0.717) is 0 Å². The van der Waals surface area contributed by atoms with Crippen LogP contribution in [0.5, 0.6) is 0 Å². The number of H-pyrrole nitrogens is 1. The molecule has 1 heterocycles. The van der Waals surface area contributed by atoms with Crippen molar-refractivity contribution in [3.05, 3.63) is 18.2 Å². The first-order chi connectivity index (χ1) is 10.4. The molecule has 0 amide bonds. The van der Waals surface area contributed by atoms with Gasteiger partial charge in [0.25, 0.3) is 0 Å². The Kier molecular flexibility index (Phi) is 8.53. The van der Waals surface area contributed by atoms with Crippen molar-refractivity contribution < 1.29 is 0 Å². The summed E-state index contributed by atoms with van der Waals surface area (Å²) in [5, 5.41) is 3.79. The Balaban J connectivity index is 1.60. The molecule has 0 saturated heterocycles. The van der Waals surface area contributed by atoms with Crippen molar-refractivity contribution in [2.45, 2.75) is 89.5 Å². The van der Waals surface area contributed by atoms with Gasteiger partial charge >= 0.3 is 0 Å². The molecule has 21 heavy (non-hydrogen) atoms. The largest absolute Gasteiger partial charge is 0.349 e. The highest BCUT2D eigenvalue weighted by molar-refractivity contribution is 4.86. The lowest BCUT2D eigenvalue weighted by Gasteiger charge is -2.19. The predicted octanol–water partition coefficient (Wildman–Crippen LogP) is 4.61. The maximum atomic E-state index is 4.29. The van der Waals surface area contributed by atoms with Crippen LogP contribution < -0.4 is 5.32 Å². The highest BCUT2D eigenvalue weighted by atomic mass is 14.9. The monoisotopic (exact) mass is 291 g/mol. The first kappa shape index (κ1) is 16.5. The first-order valence-corrected chi connectivity index (χ1v) is 9.17. The van der Waals surface area contributed by atoms with Crippen molar-refractivity contribution in [1.82, 2.24) is 15.3 Å². The SMILES string of the molecule is c1c[nH]c(CCCNC2CCCCCCCCCCC2)n1. The average Bonchev–Trinajstić information content (AvgIpc) is 2.99.